The average Bonchev–Trinajstić information content (AvgIpc) is 3.02. The predicted molar refractivity (Wildman–Crippen MR) is 106 cm³/mol. The molecule has 0 aliphatic carbocycles. The smallest absolute Gasteiger partial charge is 0.269 e. The molecular weight excluding hydrogens is 407 g/mol. The third-order valence-corrected chi connectivity index (χ3v) is 4.20. The molecule has 0 fully saturated rings. The van der Waals surface area contributed by atoms with Crippen molar-refractivity contribution in [3.05, 3.63) is 74.4 Å². The van der Waals surface area contributed by atoms with Crippen LogP contribution in [-0.2, 0) is 4.79 Å². The molecule has 0 aliphatic rings. The van der Waals surface area contributed by atoms with E-state index in [0.717, 1.165) is 0 Å². The summed E-state index contributed by atoms with van der Waals surface area (Å²) in [7, 11) is 0. The number of carbonyl (C=O) groups excluding carboxylic acids is 1. The van der Waals surface area contributed by atoms with Gasteiger partial charge in [0.15, 0.2) is 6.61 Å². The Balaban J connectivity index is 1.73. The Hall–Kier alpha value is -3.10. The normalized spacial score (nSPS) is 10.5. The second-order valence-electron chi connectivity index (χ2n) is 5.77. The fourth-order valence-corrected chi connectivity index (χ4v) is 2.75. The van der Waals surface area contributed by atoms with E-state index in [1.165, 1.54) is 22.9 Å². The van der Waals surface area contributed by atoms with Crippen LogP contribution in [-0.4, -0.2) is 27.2 Å². The van der Waals surface area contributed by atoms with E-state index in [1.54, 1.807) is 37.3 Å². The van der Waals surface area contributed by atoms with Gasteiger partial charge in [0.2, 0.25) is 0 Å². The van der Waals surface area contributed by atoms with E-state index in [4.69, 9.17) is 27.9 Å². The molecular formula is C18H14Cl2N4O4. The molecule has 144 valence electrons. The van der Waals surface area contributed by atoms with Crippen LogP contribution in [0.5, 0.6) is 5.75 Å². The third-order valence-electron chi connectivity index (χ3n) is 3.66. The Morgan fingerprint density at radius 3 is 2.61 bits per heavy atom. The van der Waals surface area contributed by atoms with Gasteiger partial charge in [-0.15, -0.1) is 0 Å². The lowest BCUT2D eigenvalue weighted by atomic mass is 10.3. The Morgan fingerprint density at radius 1 is 1.21 bits per heavy atom. The maximum absolute atomic E-state index is 12.3. The van der Waals surface area contributed by atoms with Gasteiger partial charge in [-0.05, 0) is 31.2 Å². The van der Waals surface area contributed by atoms with Gasteiger partial charge in [-0.25, -0.2) is 4.68 Å². The lowest BCUT2D eigenvalue weighted by Crippen LogP contribution is -2.22. The number of nitro benzene ring substituents is 1. The van der Waals surface area contributed by atoms with Gasteiger partial charge in [-0.2, -0.15) is 5.10 Å². The standard InChI is InChI=1S/C18H14Cl2N4O4/c1-11-8-17(23(22-11)13-3-5-14(6-4-13)24(26)27)21-18(25)10-28-16-9-12(19)2-7-15(16)20/h2-9H,10H2,1H3,(H,21,25). The molecule has 1 amide bonds. The molecule has 0 radical (unpaired) electrons. The lowest BCUT2D eigenvalue weighted by molar-refractivity contribution is -0.384. The zero-order valence-electron chi connectivity index (χ0n) is 14.6. The Morgan fingerprint density at radius 2 is 1.93 bits per heavy atom. The van der Waals surface area contributed by atoms with Gasteiger partial charge >= 0.3 is 0 Å². The molecule has 3 aromatic rings. The number of benzene rings is 2. The van der Waals surface area contributed by atoms with Crippen molar-refractivity contribution >= 4 is 40.6 Å². The van der Waals surface area contributed by atoms with E-state index < -0.39 is 10.8 Å². The number of anilines is 1. The summed E-state index contributed by atoms with van der Waals surface area (Å²) in [5.41, 5.74) is 1.19. The molecule has 8 nitrogen and oxygen atoms in total. The molecule has 1 aromatic heterocycles. The second kappa shape index (κ2) is 8.28. The molecule has 0 saturated heterocycles. The largest absolute Gasteiger partial charge is 0.482 e. The number of amides is 1. The summed E-state index contributed by atoms with van der Waals surface area (Å²) in [5, 5.41) is 18.6. The summed E-state index contributed by atoms with van der Waals surface area (Å²) < 4.78 is 6.89. The van der Waals surface area contributed by atoms with Crippen LogP contribution in [0, 0.1) is 17.0 Å². The van der Waals surface area contributed by atoms with Crippen LogP contribution >= 0.6 is 23.2 Å². The summed E-state index contributed by atoms with van der Waals surface area (Å²) in [6, 6.07) is 12.2. The number of aromatic nitrogens is 2. The first-order valence-electron chi connectivity index (χ1n) is 8.02. The molecule has 10 heteroatoms. The highest BCUT2D eigenvalue weighted by Gasteiger charge is 2.13. The van der Waals surface area contributed by atoms with Crippen LogP contribution in [0.4, 0.5) is 11.5 Å². The molecule has 28 heavy (non-hydrogen) atoms. The number of halogens is 2. The van der Waals surface area contributed by atoms with Gasteiger partial charge in [0.1, 0.15) is 11.6 Å². The van der Waals surface area contributed by atoms with E-state index in [2.05, 4.69) is 10.4 Å². The number of nitro groups is 1. The summed E-state index contributed by atoms with van der Waals surface area (Å²) in [4.78, 5) is 22.6. The van der Waals surface area contributed by atoms with Crippen LogP contribution in [0.25, 0.3) is 5.69 Å². The predicted octanol–water partition coefficient (Wildman–Crippen LogP) is 4.41. The number of ether oxygens (including phenoxy) is 1. The van der Waals surface area contributed by atoms with Gasteiger partial charge in [0, 0.05) is 29.3 Å². The number of hydrogen-bond donors (Lipinski definition) is 1. The number of rotatable bonds is 6. The Labute approximate surface area is 169 Å². The van der Waals surface area contributed by atoms with Crippen molar-refractivity contribution in [1.82, 2.24) is 9.78 Å². The number of carbonyl (C=O) groups is 1. The molecule has 0 saturated carbocycles. The van der Waals surface area contributed by atoms with Crippen molar-refractivity contribution in [3.8, 4) is 11.4 Å². The lowest BCUT2D eigenvalue weighted by Gasteiger charge is -2.10. The fourth-order valence-electron chi connectivity index (χ4n) is 2.41. The Kier molecular flexibility index (Phi) is 5.81. The van der Waals surface area contributed by atoms with Crippen LogP contribution in [0.15, 0.2) is 48.5 Å². The van der Waals surface area contributed by atoms with E-state index in [9.17, 15) is 14.9 Å². The van der Waals surface area contributed by atoms with Crippen molar-refractivity contribution in [2.75, 3.05) is 11.9 Å². The number of aryl methyl sites for hydroxylation is 1. The number of nitrogens with zero attached hydrogens (tertiary/aromatic N) is 3. The first-order chi connectivity index (χ1) is 13.3. The second-order valence-corrected chi connectivity index (χ2v) is 6.61. The zero-order valence-corrected chi connectivity index (χ0v) is 16.1. The highest BCUT2D eigenvalue weighted by Crippen LogP contribution is 2.27. The Bertz CT molecular complexity index is 1030. The maximum Gasteiger partial charge on any atom is 0.269 e. The minimum atomic E-state index is -0.487. The van der Waals surface area contributed by atoms with E-state index >= 15 is 0 Å². The van der Waals surface area contributed by atoms with Crippen molar-refractivity contribution in [3.63, 3.8) is 0 Å². The van der Waals surface area contributed by atoms with Crippen LogP contribution < -0.4 is 10.1 Å². The summed E-state index contributed by atoms with van der Waals surface area (Å²) in [6.45, 7) is 1.48. The number of nitrogens with one attached hydrogen (secondary N) is 1. The molecule has 1 heterocycles. The molecule has 1 N–H and O–H groups in total. The summed E-state index contributed by atoms with van der Waals surface area (Å²) in [6.07, 6.45) is 0. The molecule has 2 aromatic carbocycles. The van der Waals surface area contributed by atoms with E-state index in [-0.39, 0.29) is 12.3 Å². The highest BCUT2D eigenvalue weighted by atomic mass is 35.5. The number of hydrogen-bond acceptors (Lipinski definition) is 5. The average molecular weight is 421 g/mol. The molecule has 0 bridgehead atoms. The monoisotopic (exact) mass is 420 g/mol. The van der Waals surface area contributed by atoms with Gasteiger partial charge < -0.3 is 10.1 Å². The maximum atomic E-state index is 12.3. The van der Waals surface area contributed by atoms with Crippen LogP contribution in [0.2, 0.25) is 10.0 Å². The molecule has 0 spiro atoms. The molecule has 0 unspecified atom stereocenters. The molecule has 0 aliphatic heterocycles. The first kappa shape index (κ1) is 19.7. The number of non-ortho nitro benzene ring substituents is 1. The van der Waals surface area contributed by atoms with Crippen LogP contribution in [0.3, 0.4) is 0 Å². The van der Waals surface area contributed by atoms with Gasteiger partial charge in [-0.1, -0.05) is 23.2 Å². The van der Waals surface area contributed by atoms with Crippen molar-refractivity contribution in [2.45, 2.75) is 6.92 Å². The topological polar surface area (TPSA) is 99.3 Å². The van der Waals surface area contributed by atoms with Crippen molar-refractivity contribution < 1.29 is 14.5 Å². The SMILES string of the molecule is Cc1cc(NC(=O)COc2cc(Cl)ccc2Cl)n(-c2ccc([N+](=O)[O-])cc2)n1. The molecule has 0 atom stereocenters. The van der Waals surface area contributed by atoms with Crippen molar-refractivity contribution in [2.24, 2.45) is 0 Å². The fraction of sp³-hybridized carbons (Fsp3) is 0.111. The third kappa shape index (κ3) is 4.59. The summed E-state index contributed by atoms with van der Waals surface area (Å²) >= 11 is 11.9. The van der Waals surface area contributed by atoms with Crippen molar-refractivity contribution in [1.29, 1.82) is 0 Å². The van der Waals surface area contributed by atoms with E-state index in [1.807, 2.05) is 0 Å². The van der Waals surface area contributed by atoms with Gasteiger partial charge in [-0.3, -0.25) is 14.9 Å². The zero-order chi connectivity index (χ0) is 20.3. The first-order valence-corrected chi connectivity index (χ1v) is 8.78. The van der Waals surface area contributed by atoms with Gasteiger partial charge in [0.05, 0.1) is 21.3 Å². The minimum Gasteiger partial charge on any atom is -0.482 e. The quantitative estimate of drug-likeness (QED) is 0.470. The minimum absolute atomic E-state index is 0.0370. The van der Waals surface area contributed by atoms with E-state index in [0.29, 0.717) is 33.0 Å². The highest BCUT2D eigenvalue weighted by molar-refractivity contribution is 6.34. The van der Waals surface area contributed by atoms with Gasteiger partial charge in [0.25, 0.3) is 11.6 Å². The molecule has 3 rings (SSSR count). The summed E-state index contributed by atoms with van der Waals surface area (Å²) in [5.74, 6) is 0.264. The van der Waals surface area contributed by atoms with Crippen LogP contribution in [0.1, 0.15) is 5.69 Å².